The lowest BCUT2D eigenvalue weighted by molar-refractivity contribution is -0.121. The Morgan fingerprint density at radius 3 is 2.15 bits per heavy atom. The molecule has 6 nitrogen and oxygen atoms in total. The van der Waals surface area contributed by atoms with Crippen molar-refractivity contribution in [1.29, 1.82) is 0 Å². The number of amides is 3. The minimum Gasteiger partial charge on any atom is -0.354 e. The number of nitrogens with zero attached hydrogens (tertiary/aromatic N) is 1. The summed E-state index contributed by atoms with van der Waals surface area (Å²) in [5.74, 6) is -0.349. The monoisotopic (exact) mass is 353 g/mol. The highest BCUT2D eigenvalue weighted by Crippen LogP contribution is 2.18. The van der Waals surface area contributed by atoms with Gasteiger partial charge < -0.3 is 15.5 Å². The fourth-order valence-electron chi connectivity index (χ4n) is 2.55. The van der Waals surface area contributed by atoms with Crippen molar-refractivity contribution in [3.05, 3.63) is 60.2 Å². The molecule has 0 saturated carbocycles. The highest BCUT2D eigenvalue weighted by Gasteiger charge is 2.12. The predicted molar refractivity (Wildman–Crippen MR) is 102 cm³/mol. The van der Waals surface area contributed by atoms with Crippen molar-refractivity contribution in [3.63, 3.8) is 0 Å². The molecule has 0 aliphatic heterocycles. The molecule has 3 amide bonds. The van der Waals surface area contributed by atoms with Gasteiger partial charge in [0.05, 0.1) is 6.42 Å². The third-order valence-corrected chi connectivity index (χ3v) is 3.74. The summed E-state index contributed by atoms with van der Waals surface area (Å²) in [6.07, 6.45) is 0.312. The summed E-state index contributed by atoms with van der Waals surface area (Å²) in [5, 5.41) is 5.52. The zero-order valence-corrected chi connectivity index (χ0v) is 15.0. The molecular weight excluding hydrogens is 330 g/mol. The van der Waals surface area contributed by atoms with Gasteiger partial charge in [-0.05, 0) is 29.8 Å². The van der Waals surface area contributed by atoms with Crippen LogP contribution in [0.25, 0.3) is 0 Å². The number of hydrogen-bond acceptors (Lipinski definition) is 3. The van der Waals surface area contributed by atoms with E-state index in [0.29, 0.717) is 30.9 Å². The quantitative estimate of drug-likeness (QED) is 0.802. The lowest BCUT2D eigenvalue weighted by Gasteiger charge is -2.21. The summed E-state index contributed by atoms with van der Waals surface area (Å²) in [7, 11) is 0. The van der Waals surface area contributed by atoms with Crippen molar-refractivity contribution < 1.29 is 14.4 Å². The normalized spacial score (nSPS) is 10.1. The van der Waals surface area contributed by atoms with Gasteiger partial charge in [0, 0.05) is 38.3 Å². The SMILES string of the molecule is CC(=O)Nc1ccc(N(CCNC(=O)Cc2ccccc2)C(C)=O)cc1. The summed E-state index contributed by atoms with van der Waals surface area (Å²) in [4.78, 5) is 36.6. The molecule has 0 unspecified atom stereocenters. The largest absolute Gasteiger partial charge is 0.354 e. The second-order valence-corrected chi connectivity index (χ2v) is 5.91. The molecule has 2 rings (SSSR count). The van der Waals surface area contributed by atoms with E-state index in [4.69, 9.17) is 0 Å². The Hall–Kier alpha value is -3.15. The topological polar surface area (TPSA) is 78.5 Å². The van der Waals surface area contributed by atoms with E-state index < -0.39 is 0 Å². The van der Waals surface area contributed by atoms with Gasteiger partial charge in [-0.3, -0.25) is 14.4 Å². The van der Waals surface area contributed by atoms with E-state index in [-0.39, 0.29) is 17.7 Å². The summed E-state index contributed by atoms with van der Waals surface area (Å²) in [6.45, 7) is 3.65. The summed E-state index contributed by atoms with van der Waals surface area (Å²) in [6, 6.07) is 16.5. The third-order valence-electron chi connectivity index (χ3n) is 3.74. The zero-order valence-electron chi connectivity index (χ0n) is 15.0. The average Bonchev–Trinajstić information content (AvgIpc) is 2.60. The number of rotatable bonds is 7. The van der Waals surface area contributed by atoms with Crippen molar-refractivity contribution in [2.45, 2.75) is 20.3 Å². The Bertz CT molecular complexity index is 758. The van der Waals surface area contributed by atoms with Crippen LogP contribution in [0, 0.1) is 0 Å². The second-order valence-electron chi connectivity index (χ2n) is 5.91. The number of hydrogen-bond donors (Lipinski definition) is 2. The molecule has 0 saturated heterocycles. The maximum atomic E-state index is 12.0. The zero-order chi connectivity index (χ0) is 18.9. The number of nitrogens with one attached hydrogen (secondary N) is 2. The molecule has 26 heavy (non-hydrogen) atoms. The standard InChI is InChI=1S/C20H23N3O3/c1-15(24)22-18-8-10-19(11-9-18)23(16(2)25)13-12-21-20(26)14-17-6-4-3-5-7-17/h3-11H,12-14H2,1-2H3,(H,21,26)(H,22,24). The number of carbonyl (C=O) groups is 3. The first-order chi connectivity index (χ1) is 12.5. The molecule has 0 heterocycles. The Morgan fingerprint density at radius 1 is 0.923 bits per heavy atom. The first kappa shape index (κ1) is 19.2. The molecule has 0 bridgehead atoms. The fourth-order valence-corrected chi connectivity index (χ4v) is 2.55. The minimum atomic E-state index is -0.151. The van der Waals surface area contributed by atoms with Crippen molar-refractivity contribution in [3.8, 4) is 0 Å². The molecule has 136 valence electrons. The van der Waals surface area contributed by atoms with E-state index in [2.05, 4.69) is 10.6 Å². The molecule has 2 aromatic rings. The van der Waals surface area contributed by atoms with Crippen LogP contribution in [-0.2, 0) is 20.8 Å². The van der Waals surface area contributed by atoms with Gasteiger partial charge in [0.1, 0.15) is 0 Å². The Kier molecular flexibility index (Phi) is 6.91. The Morgan fingerprint density at radius 2 is 1.58 bits per heavy atom. The molecule has 2 aromatic carbocycles. The van der Waals surface area contributed by atoms with E-state index in [0.717, 1.165) is 5.56 Å². The van der Waals surface area contributed by atoms with Gasteiger partial charge in [-0.15, -0.1) is 0 Å². The van der Waals surface area contributed by atoms with Crippen LogP contribution in [-0.4, -0.2) is 30.8 Å². The van der Waals surface area contributed by atoms with Crippen molar-refractivity contribution in [2.75, 3.05) is 23.3 Å². The van der Waals surface area contributed by atoms with Crippen LogP contribution in [0.1, 0.15) is 19.4 Å². The van der Waals surface area contributed by atoms with Crippen LogP contribution in [0.2, 0.25) is 0 Å². The molecule has 0 fully saturated rings. The smallest absolute Gasteiger partial charge is 0.224 e. The molecule has 0 radical (unpaired) electrons. The number of anilines is 2. The second kappa shape index (κ2) is 9.36. The van der Waals surface area contributed by atoms with Gasteiger partial charge in [0.15, 0.2) is 0 Å². The van der Waals surface area contributed by atoms with E-state index in [1.807, 2.05) is 30.3 Å². The average molecular weight is 353 g/mol. The Balaban J connectivity index is 1.89. The molecule has 0 spiro atoms. The first-order valence-electron chi connectivity index (χ1n) is 8.42. The minimum absolute atomic E-state index is 0.0827. The fraction of sp³-hybridized carbons (Fsp3) is 0.250. The maximum absolute atomic E-state index is 12.0. The van der Waals surface area contributed by atoms with Gasteiger partial charge >= 0.3 is 0 Å². The van der Waals surface area contributed by atoms with Crippen molar-refractivity contribution in [1.82, 2.24) is 5.32 Å². The third kappa shape index (κ3) is 6.05. The molecule has 0 aromatic heterocycles. The van der Waals surface area contributed by atoms with Crippen molar-refractivity contribution in [2.24, 2.45) is 0 Å². The van der Waals surface area contributed by atoms with Gasteiger partial charge in [-0.1, -0.05) is 30.3 Å². The highest BCUT2D eigenvalue weighted by molar-refractivity contribution is 5.93. The van der Waals surface area contributed by atoms with E-state index in [9.17, 15) is 14.4 Å². The van der Waals surface area contributed by atoms with Crippen LogP contribution >= 0.6 is 0 Å². The molecule has 0 aliphatic rings. The van der Waals surface area contributed by atoms with Gasteiger partial charge in [0.25, 0.3) is 0 Å². The van der Waals surface area contributed by atoms with Crippen LogP contribution in [0.15, 0.2) is 54.6 Å². The highest BCUT2D eigenvalue weighted by atomic mass is 16.2. The number of benzene rings is 2. The molecule has 2 N–H and O–H groups in total. The predicted octanol–water partition coefficient (Wildman–Crippen LogP) is 2.36. The maximum Gasteiger partial charge on any atom is 0.224 e. The summed E-state index contributed by atoms with van der Waals surface area (Å²) < 4.78 is 0. The summed E-state index contributed by atoms with van der Waals surface area (Å²) in [5.41, 5.74) is 2.33. The van der Waals surface area contributed by atoms with Gasteiger partial charge in [-0.25, -0.2) is 0 Å². The number of carbonyl (C=O) groups excluding carboxylic acids is 3. The first-order valence-corrected chi connectivity index (χ1v) is 8.42. The van der Waals surface area contributed by atoms with E-state index >= 15 is 0 Å². The van der Waals surface area contributed by atoms with Crippen LogP contribution < -0.4 is 15.5 Å². The molecular formula is C20H23N3O3. The van der Waals surface area contributed by atoms with Crippen LogP contribution in [0.4, 0.5) is 11.4 Å². The molecule has 0 atom stereocenters. The van der Waals surface area contributed by atoms with E-state index in [1.54, 1.807) is 29.2 Å². The van der Waals surface area contributed by atoms with Crippen LogP contribution in [0.5, 0.6) is 0 Å². The van der Waals surface area contributed by atoms with Gasteiger partial charge in [-0.2, -0.15) is 0 Å². The lowest BCUT2D eigenvalue weighted by atomic mass is 10.1. The van der Waals surface area contributed by atoms with Crippen molar-refractivity contribution >= 4 is 29.1 Å². The van der Waals surface area contributed by atoms with Gasteiger partial charge in [0.2, 0.25) is 17.7 Å². The Labute approximate surface area is 153 Å². The lowest BCUT2D eigenvalue weighted by Crippen LogP contribution is -2.38. The van der Waals surface area contributed by atoms with E-state index in [1.165, 1.54) is 13.8 Å². The van der Waals surface area contributed by atoms with Crippen LogP contribution in [0.3, 0.4) is 0 Å². The molecule has 0 aliphatic carbocycles. The molecule has 6 heteroatoms. The summed E-state index contributed by atoms with van der Waals surface area (Å²) >= 11 is 0.